The lowest BCUT2D eigenvalue weighted by Gasteiger charge is -2.37. The molecule has 1 fully saturated rings. The van der Waals surface area contributed by atoms with E-state index in [2.05, 4.69) is 16.1 Å². The lowest BCUT2D eigenvalue weighted by Crippen LogP contribution is -2.42. The number of carbonyl (C=O) groups excluding carboxylic acids is 2. The van der Waals surface area contributed by atoms with Crippen molar-refractivity contribution < 1.29 is 19.1 Å². The molecule has 0 N–H and O–H groups in total. The fraction of sp³-hybridized carbons (Fsp3) is 0.667. The smallest absolute Gasteiger partial charge is 0.410 e. The number of fused-ring (bicyclic) bond motifs is 1. The van der Waals surface area contributed by atoms with E-state index in [9.17, 15) is 9.59 Å². The average molecular weight is 389 g/mol. The molecule has 0 aromatic carbocycles. The molecule has 2 unspecified atom stereocenters. The summed E-state index contributed by atoms with van der Waals surface area (Å²) < 4.78 is 12.8. The number of hydrogen-bond acceptors (Lipinski definition) is 5. The minimum Gasteiger partial charge on any atom is -0.469 e. The Balaban J connectivity index is 1.72. The Kier molecular flexibility index (Phi) is 5.55. The predicted octanol–water partition coefficient (Wildman–Crippen LogP) is 3.28. The zero-order valence-electron chi connectivity index (χ0n) is 17.4. The molecule has 3 heterocycles. The molecule has 28 heavy (non-hydrogen) atoms. The van der Waals surface area contributed by atoms with Crippen LogP contribution in [0.15, 0.2) is 12.8 Å². The maximum absolute atomic E-state index is 12.8. The first-order valence-electron chi connectivity index (χ1n) is 9.90. The Labute approximate surface area is 166 Å². The van der Waals surface area contributed by atoms with Crippen molar-refractivity contribution >= 4 is 18.1 Å². The first kappa shape index (κ1) is 20.4. The summed E-state index contributed by atoms with van der Waals surface area (Å²) in [5.74, 6) is 0.957. The molecule has 0 aliphatic carbocycles. The van der Waals surface area contributed by atoms with E-state index < -0.39 is 11.0 Å². The molecule has 0 bridgehead atoms. The fourth-order valence-corrected chi connectivity index (χ4v) is 4.40. The molecule has 1 amide bonds. The molecule has 2 aliphatic rings. The second kappa shape index (κ2) is 7.60. The van der Waals surface area contributed by atoms with Crippen molar-refractivity contribution in [3.8, 4) is 0 Å². The molecule has 0 radical (unpaired) electrons. The van der Waals surface area contributed by atoms with Crippen molar-refractivity contribution in [2.75, 3.05) is 20.2 Å². The van der Waals surface area contributed by atoms with Crippen LogP contribution in [-0.4, -0.2) is 52.3 Å². The van der Waals surface area contributed by atoms with Crippen LogP contribution in [0.4, 0.5) is 4.79 Å². The Bertz CT molecular complexity index is 764. The topological polar surface area (TPSA) is 73.7 Å². The summed E-state index contributed by atoms with van der Waals surface area (Å²) in [5, 5.41) is 0. The first-order chi connectivity index (χ1) is 13.2. The predicted molar refractivity (Wildman–Crippen MR) is 106 cm³/mol. The van der Waals surface area contributed by atoms with Gasteiger partial charge in [-0.1, -0.05) is 6.58 Å². The van der Waals surface area contributed by atoms with E-state index >= 15 is 0 Å². The van der Waals surface area contributed by atoms with E-state index in [0.717, 1.165) is 17.9 Å². The molecular formula is C21H31N3O4. The van der Waals surface area contributed by atoms with E-state index in [1.54, 1.807) is 17.2 Å². The number of likely N-dealkylation sites (tertiary alicyclic amines) is 1. The highest BCUT2D eigenvalue weighted by Crippen LogP contribution is 2.42. The van der Waals surface area contributed by atoms with Crippen LogP contribution in [0.2, 0.25) is 0 Å². The van der Waals surface area contributed by atoms with E-state index in [1.165, 1.54) is 7.11 Å². The Hall–Kier alpha value is -2.31. The van der Waals surface area contributed by atoms with Crippen LogP contribution >= 0.6 is 0 Å². The number of imidazole rings is 1. The van der Waals surface area contributed by atoms with Crippen molar-refractivity contribution in [1.82, 2.24) is 14.5 Å². The number of ether oxygens (including phenoxy) is 2. The maximum atomic E-state index is 12.8. The normalized spacial score (nSPS) is 24.6. The van der Waals surface area contributed by atoms with E-state index in [0.29, 0.717) is 38.9 Å². The maximum Gasteiger partial charge on any atom is 0.410 e. The van der Waals surface area contributed by atoms with Gasteiger partial charge >= 0.3 is 12.1 Å². The fourth-order valence-electron chi connectivity index (χ4n) is 4.40. The third-order valence-corrected chi connectivity index (χ3v) is 5.72. The zero-order valence-corrected chi connectivity index (χ0v) is 17.4. The van der Waals surface area contributed by atoms with Crippen LogP contribution in [0.1, 0.15) is 51.6 Å². The molecule has 3 rings (SSSR count). The molecule has 1 aromatic heterocycles. The Morgan fingerprint density at radius 1 is 1.39 bits per heavy atom. The Morgan fingerprint density at radius 3 is 2.79 bits per heavy atom. The van der Waals surface area contributed by atoms with Crippen LogP contribution in [0.3, 0.4) is 0 Å². The van der Waals surface area contributed by atoms with Crippen LogP contribution in [0.25, 0.3) is 6.08 Å². The lowest BCUT2D eigenvalue weighted by atomic mass is 9.72. The van der Waals surface area contributed by atoms with Crippen molar-refractivity contribution in [1.29, 1.82) is 0 Å². The first-order valence-corrected chi connectivity index (χ1v) is 9.90. The number of amides is 1. The second-order valence-corrected chi connectivity index (χ2v) is 8.94. The van der Waals surface area contributed by atoms with Crippen molar-refractivity contribution in [3.63, 3.8) is 0 Å². The van der Waals surface area contributed by atoms with Gasteiger partial charge in [0, 0.05) is 26.1 Å². The molecule has 0 spiro atoms. The number of methoxy groups -OCH3 is 1. The van der Waals surface area contributed by atoms with Crippen molar-refractivity contribution in [2.24, 2.45) is 11.3 Å². The largest absolute Gasteiger partial charge is 0.469 e. The quantitative estimate of drug-likeness (QED) is 0.739. The van der Waals surface area contributed by atoms with Gasteiger partial charge in [0.15, 0.2) is 0 Å². The summed E-state index contributed by atoms with van der Waals surface area (Å²) >= 11 is 0. The summed E-state index contributed by atoms with van der Waals surface area (Å²) in [6.07, 6.45) is 6.12. The molecule has 7 heteroatoms. The van der Waals surface area contributed by atoms with Gasteiger partial charge in [-0.2, -0.15) is 0 Å². The monoisotopic (exact) mass is 389 g/mol. The third-order valence-electron chi connectivity index (χ3n) is 5.72. The highest BCUT2D eigenvalue weighted by atomic mass is 16.6. The average Bonchev–Trinajstić information content (AvgIpc) is 3.25. The molecular weight excluding hydrogens is 358 g/mol. The lowest BCUT2D eigenvalue weighted by molar-refractivity contribution is -0.155. The summed E-state index contributed by atoms with van der Waals surface area (Å²) in [5.41, 5.74) is -0.125. The summed E-state index contributed by atoms with van der Waals surface area (Å²) in [6.45, 7) is 11.4. The molecule has 0 saturated carbocycles. The van der Waals surface area contributed by atoms with Gasteiger partial charge in [-0.25, -0.2) is 9.78 Å². The number of carbonyl (C=O) groups is 2. The van der Waals surface area contributed by atoms with Crippen LogP contribution in [0, 0.1) is 11.3 Å². The van der Waals surface area contributed by atoms with Gasteiger partial charge < -0.3 is 18.9 Å². The van der Waals surface area contributed by atoms with Crippen molar-refractivity contribution in [3.05, 3.63) is 24.3 Å². The highest BCUT2D eigenvalue weighted by Gasteiger charge is 2.46. The molecule has 2 aliphatic heterocycles. The number of esters is 1. The van der Waals surface area contributed by atoms with Gasteiger partial charge in [0.1, 0.15) is 11.4 Å². The molecule has 1 aromatic rings. The van der Waals surface area contributed by atoms with E-state index in [4.69, 9.17) is 9.47 Å². The van der Waals surface area contributed by atoms with Crippen LogP contribution < -0.4 is 0 Å². The zero-order chi connectivity index (χ0) is 20.5. The molecule has 7 nitrogen and oxygen atoms in total. The molecule has 154 valence electrons. The number of hydrogen-bond donors (Lipinski definition) is 0. The molecule has 2 atom stereocenters. The van der Waals surface area contributed by atoms with E-state index in [-0.39, 0.29) is 18.0 Å². The van der Waals surface area contributed by atoms with Gasteiger partial charge in [-0.3, -0.25) is 4.79 Å². The summed E-state index contributed by atoms with van der Waals surface area (Å²) in [4.78, 5) is 31.4. The minimum atomic E-state index is -0.594. The van der Waals surface area contributed by atoms with Gasteiger partial charge in [0.2, 0.25) is 0 Å². The minimum absolute atomic E-state index is 0.183. The SMILES string of the molecule is C=Cc1cnc2n1CCC(CC1CCN(C(=O)OC(C)(C)C)C1)(C(=O)OC)C2. The van der Waals surface area contributed by atoms with Gasteiger partial charge in [-0.05, 0) is 52.0 Å². The number of rotatable bonds is 4. The van der Waals surface area contributed by atoms with Crippen molar-refractivity contribution in [2.45, 2.75) is 58.6 Å². The van der Waals surface area contributed by atoms with Crippen LogP contribution in [-0.2, 0) is 27.2 Å². The Morgan fingerprint density at radius 2 is 2.14 bits per heavy atom. The van der Waals surface area contributed by atoms with Gasteiger partial charge in [0.05, 0.1) is 24.4 Å². The highest BCUT2D eigenvalue weighted by molar-refractivity contribution is 5.77. The summed E-state index contributed by atoms with van der Waals surface area (Å²) in [6, 6.07) is 0. The number of nitrogens with zero attached hydrogens (tertiary/aromatic N) is 3. The van der Waals surface area contributed by atoms with Gasteiger partial charge in [-0.15, -0.1) is 0 Å². The van der Waals surface area contributed by atoms with E-state index in [1.807, 2.05) is 20.8 Å². The number of aromatic nitrogens is 2. The van der Waals surface area contributed by atoms with Crippen LogP contribution in [0.5, 0.6) is 0 Å². The third kappa shape index (κ3) is 4.08. The standard InChI is InChI=1S/C21H31N3O4/c1-6-16-13-22-17-12-21(18(25)27-5,8-10-24(16)17)11-15-7-9-23(14-15)19(26)28-20(2,3)4/h6,13,15H,1,7-12,14H2,2-5H3. The van der Waals surface area contributed by atoms with Gasteiger partial charge in [0.25, 0.3) is 0 Å². The summed E-state index contributed by atoms with van der Waals surface area (Å²) in [7, 11) is 1.45. The molecule has 1 saturated heterocycles. The second-order valence-electron chi connectivity index (χ2n) is 8.94.